The van der Waals surface area contributed by atoms with Crippen molar-refractivity contribution in [3.05, 3.63) is 60.8 Å². The highest BCUT2D eigenvalue weighted by molar-refractivity contribution is 5.80. The monoisotopic (exact) mass is 1160 g/mol. The Morgan fingerprint density at radius 2 is 0.841 bits per heavy atom. The van der Waals surface area contributed by atoms with E-state index in [0.29, 0.717) is 12.8 Å². The molecule has 0 aliphatic carbocycles. The Hall–Kier alpha value is -2.64. The van der Waals surface area contributed by atoms with Crippen LogP contribution in [0.25, 0.3) is 0 Å². The van der Waals surface area contributed by atoms with Gasteiger partial charge in [0.1, 0.15) is 24.4 Å². The van der Waals surface area contributed by atoms with Gasteiger partial charge < -0.3 is 45.1 Å². The second kappa shape index (κ2) is 58.7. The van der Waals surface area contributed by atoms with Crippen LogP contribution in [0.1, 0.15) is 316 Å². The number of unbranched alkanes of at least 4 members (excludes halogenated alkanes) is 37. The Morgan fingerprint density at radius 3 is 1.29 bits per heavy atom. The van der Waals surface area contributed by atoms with Gasteiger partial charge in [0.25, 0.3) is 0 Å². The summed E-state index contributed by atoms with van der Waals surface area (Å²) < 4.78 is 17.7. The first-order chi connectivity index (χ1) is 40.2. The van der Waals surface area contributed by atoms with Gasteiger partial charge in [0.05, 0.1) is 25.4 Å². The van der Waals surface area contributed by atoms with Crippen molar-refractivity contribution >= 4 is 11.9 Å². The topological polar surface area (TPSA) is 175 Å². The van der Waals surface area contributed by atoms with Crippen LogP contribution in [0.4, 0.5) is 0 Å². The molecular formula is C71H129NO10. The minimum absolute atomic E-state index is 0.121. The number of amides is 1. The molecule has 478 valence electrons. The van der Waals surface area contributed by atoms with Crippen LogP contribution in [-0.2, 0) is 23.8 Å². The molecule has 0 spiro atoms. The lowest BCUT2D eigenvalue weighted by atomic mass is 9.99. The Bertz CT molecular complexity index is 1560. The molecule has 0 bridgehead atoms. The third-order valence-corrected chi connectivity index (χ3v) is 16.1. The highest BCUT2D eigenvalue weighted by atomic mass is 16.7. The van der Waals surface area contributed by atoms with E-state index in [0.717, 1.165) is 70.6 Å². The first-order valence-corrected chi connectivity index (χ1v) is 34.6. The number of nitrogens with one attached hydrogen (secondary N) is 1. The summed E-state index contributed by atoms with van der Waals surface area (Å²) in [4.78, 5) is 26.6. The van der Waals surface area contributed by atoms with E-state index in [-0.39, 0.29) is 19.4 Å². The van der Waals surface area contributed by atoms with Gasteiger partial charge in [0.2, 0.25) is 5.91 Å². The third kappa shape index (κ3) is 45.7. The average molecular weight is 1160 g/mol. The normalized spacial score (nSPS) is 19.0. The minimum Gasteiger partial charge on any atom is -0.454 e. The Labute approximate surface area is 503 Å². The standard InChI is InChI=1S/C71H129NO10/c1-4-7-10-13-16-19-22-25-26-27-28-29-30-31-32-33-34-35-36-37-38-41-44-47-50-53-56-59-66(76)82-69-68(78)67(77)65(60-73)81-71(69)80-61-62(63(74)57-54-51-48-45-42-39-23-20-17-14-11-8-5-2)72-70(79)64(75)58-55-52-49-46-43-40-24-21-18-15-12-9-6-3/h16,19,25-26,28-29,43,46,54,57,62-65,67-69,71,73-75,77-78H,4-15,17-18,20-24,27,30-42,44-45,47-53,55-56,58-61H2,1-3H3,(H,72,79)/b19-16-,26-25-,29-28-,46-43-,57-54+. The predicted octanol–water partition coefficient (Wildman–Crippen LogP) is 17.3. The van der Waals surface area contributed by atoms with Crippen molar-refractivity contribution in [3.8, 4) is 0 Å². The predicted molar refractivity (Wildman–Crippen MR) is 343 cm³/mol. The summed E-state index contributed by atoms with van der Waals surface area (Å²) in [6, 6.07) is -1.03. The van der Waals surface area contributed by atoms with Crippen molar-refractivity contribution in [1.82, 2.24) is 5.32 Å². The van der Waals surface area contributed by atoms with E-state index in [9.17, 15) is 35.1 Å². The molecule has 1 heterocycles. The molecule has 1 amide bonds. The molecule has 0 saturated carbocycles. The highest BCUT2D eigenvalue weighted by Crippen LogP contribution is 2.26. The van der Waals surface area contributed by atoms with Crippen LogP contribution >= 0.6 is 0 Å². The molecule has 6 N–H and O–H groups in total. The largest absolute Gasteiger partial charge is 0.454 e. The van der Waals surface area contributed by atoms with Crippen LogP contribution in [0.3, 0.4) is 0 Å². The van der Waals surface area contributed by atoms with Gasteiger partial charge in [-0.05, 0) is 89.9 Å². The van der Waals surface area contributed by atoms with Crippen molar-refractivity contribution in [2.24, 2.45) is 0 Å². The summed E-state index contributed by atoms with van der Waals surface area (Å²) in [6.07, 6.45) is 64.1. The molecule has 1 fully saturated rings. The van der Waals surface area contributed by atoms with Crippen LogP contribution in [-0.4, -0.2) is 99.6 Å². The zero-order valence-electron chi connectivity index (χ0n) is 53.1. The fourth-order valence-electron chi connectivity index (χ4n) is 10.7. The lowest BCUT2D eigenvalue weighted by Gasteiger charge is -2.41. The van der Waals surface area contributed by atoms with E-state index >= 15 is 0 Å². The van der Waals surface area contributed by atoms with Crippen molar-refractivity contribution in [1.29, 1.82) is 0 Å². The quantitative estimate of drug-likeness (QED) is 0.0195. The number of rotatable bonds is 59. The van der Waals surface area contributed by atoms with E-state index in [2.05, 4.69) is 74.7 Å². The van der Waals surface area contributed by atoms with E-state index in [4.69, 9.17) is 14.2 Å². The van der Waals surface area contributed by atoms with Gasteiger partial charge in [-0.25, -0.2) is 0 Å². The van der Waals surface area contributed by atoms with Crippen LogP contribution in [0, 0.1) is 0 Å². The molecule has 8 atom stereocenters. The first-order valence-electron chi connectivity index (χ1n) is 34.6. The van der Waals surface area contributed by atoms with Gasteiger partial charge in [-0.2, -0.15) is 0 Å². The average Bonchev–Trinajstić information content (AvgIpc) is 3.57. The van der Waals surface area contributed by atoms with E-state index < -0.39 is 67.4 Å². The Kier molecular flexibility index (Phi) is 55.4. The molecule has 0 radical (unpaired) electrons. The summed E-state index contributed by atoms with van der Waals surface area (Å²) in [7, 11) is 0. The Balaban J connectivity index is 2.55. The van der Waals surface area contributed by atoms with Crippen molar-refractivity contribution in [2.75, 3.05) is 13.2 Å². The number of hydrogen-bond acceptors (Lipinski definition) is 10. The number of carbonyl (C=O) groups excluding carboxylic acids is 2. The number of ether oxygens (including phenoxy) is 3. The van der Waals surface area contributed by atoms with Crippen molar-refractivity contribution in [2.45, 2.75) is 365 Å². The fraction of sp³-hybridized carbons (Fsp3) is 0.831. The summed E-state index contributed by atoms with van der Waals surface area (Å²) in [5.41, 5.74) is 0. The third-order valence-electron chi connectivity index (χ3n) is 16.1. The molecule has 1 rings (SSSR count). The Morgan fingerprint density at radius 1 is 0.476 bits per heavy atom. The first kappa shape index (κ1) is 77.4. The SMILES string of the molecule is CCCCC/C=C\C/C=C\C/C=C\CCCCCCCCCCCCCCCCC(=O)OC1C(OCC(NC(=O)C(O)CCCC/C=C\CCCCCCCCC)C(O)/C=C/CCCCCCCCCCCCC)OC(CO)C(O)C1O. The number of aliphatic hydroxyl groups excluding tert-OH is 5. The fourth-order valence-corrected chi connectivity index (χ4v) is 10.7. The molecule has 1 aliphatic heterocycles. The maximum Gasteiger partial charge on any atom is 0.306 e. The number of esters is 1. The summed E-state index contributed by atoms with van der Waals surface area (Å²) in [5, 5.41) is 57.1. The number of hydrogen-bond donors (Lipinski definition) is 6. The summed E-state index contributed by atoms with van der Waals surface area (Å²) in [6.45, 7) is 5.77. The minimum atomic E-state index is -1.62. The molecule has 11 nitrogen and oxygen atoms in total. The molecule has 8 unspecified atom stereocenters. The molecule has 82 heavy (non-hydrogen) atoms. The van der Waals surface area contributed by atoms with Gasteiger partial charge in [-0.3, -0.25) is 9.59 Å². The number of aliphatic hydroxyl groups is 5. The highest BCUT2D eigenvalue weighted by Gasteiger charge is 2.47. The smallest absolute Gasteiger partial charge is 0.306 e. The van der Waals surface area contributed by atoms with Crippen LogP contribution in [0.2, 0.25) is 0 Å². The van der Waals surface area contributed by atoms with E-state index in [1.807, 2.05) is 6.08 Å². The molecule has 0 aromatic rings. The second-order valence-corrected chi connectivity index (χ2v) is 23.9. The number of carbonyl (C=O) groups is 2. The maximum atomic E-state index is 13.4. The van der Waals surface area contributed by atoms with Gasteiger partial charge in [-0.1, -0.05) is 281 Å². The zero-order valence-corrected chi connectivity index (χ0v) is 53.1. The molecule has 1 saturated heterocycles. The van der Waals surface area contributed by atoms with Gasteiger partial charge in [0, 0.05) is 6.42 Å². The van der Waals surface area contributed by atoms with Crippen molar-refractivity contribution < 1.29 is 49.3 Å². The van der Waals surface area contributed by atoms with Gasteiger partial charge >= 0.3 is 5.97 Å². The molecule has 0 aromatic heterocycles. The molecular weight excluding hydrogens is 1030 g/mol. The molecule has 0 aromatic carbocycles. The second-order valence-electron chi connectivity index (χ2n) is 23.9. The number of allylic oxidation sites excluding steroid dienone is 9. The summed E-state index contributed by atoms with van der Waals surface area (Å²) >= 11 is 0. The molecule has 1 aliphatic rings. The maximum absolute atomic E-state index is 13.4. The lowest BCUT2D eigenvalue weighted by Crippen LogP contribution is -2.61. The zero-order chi connectivity index (χ0) is 59.6. The van der Waals surface area contributed by atoms with Crippen molar-refractivity contribution in [3.63, 3.8) is 0 Å². The summed E-state index contributed by atoms with van der Waals surface area (Å²) in [5.74, 6) is -1.20. The van der Waals surface area contributed by atoms with Crippen LogP contribution in [0.15, 0.2) is 60.8 Å². The van der Waals surface area contributed by atoms with Crippen LogP contribution < -0.4 is 5.32 Å². The van der Waals surface area contributed by atoms with Crippen LogP contribution in [0.5, 0.6) is 0 Å². The van der Waals surface area contributed by atoms with E-state index in [1.54, 1.807) is 6.08 Å². The lowest BCUT2D eigenvalue weighted by molar-refractivity contribution is -0.305. The van der Waals surface area contributed by atoms with Gasteiger partial charge in [-0.15, -0.1) is 0 Å². The van der Waals surface area contributed by atoms with E-state index in [1.165, 1.54) is 199 Å². The molecule has 11 heteroatoms. The van der Waals surface area contributed by atoms with Gasteiger partial charge in [0.15, 0.2) is 12.4 Å².